The Hall–Kier alpha value is -1.53. The standard InChI is InChI=1S/C18H15Cl/c19-14-7-10-16-13(11-14)6-9-17-15-4-2-1-3-12(15)5-8-18(16)17/h5-11H,1-4H2. The zero-order valence-corrected chi connectivity index (χ0v) is 11.5. The number of rotatable bonds is 0. The second-order valence-corrected chi connectivity index (χ2v) is 5.87. The first-order valence-corrected chi connectivity index (χ1v) is 7.33. The van der Waals surface area contributed by atoms with Crippen LogP contribution in [0.4, 0.5) is 0 Å². The Morgan fingerprint density at radius 2 is 1.53 bits per heavy atom. The summed E-state index contributed by atoms with van der Waals surface area (Å²) in [6.45, 7) is 0. The van der Waals surface area contributed by atoms with Crippen LogP contribution in [0.3, 0.4) is 0 Å². The van der Waals surface area contributed by atoms with Crippen molar-refractivity contribution in [1.29, 1.82) is 0 Å². The number of benzene rings is 3. The van der Waals surface area contributed by atoms with Crippen molar-refractivity contribution < 1.29 is 0 Å². The molecule has 0 heterocycles. The molecule has 94 valence electrons. The van der Waals surface area contributed by atoms with Gasteiger partial charge < -0.3 is 0 Å². The zero-order valence-electron chi connectivity index (χ0n) is 10.7. The monoisotopic (exact) mass is 266 g/mol. The Bertz CT molecular complexity index is 786. The van der Waals surface area contributed by atoms with Crippen molar-refractivity contribution in [2.75, 3.05) is 0 Å². The number of aryl methyl sites for hydroxylation is 2. The zero-order chi connectivity index (χ0) is 12.8. The molecule has 0 unspecified atom stereocenters. The number of fused-ring (bicyclic) bond motifs is 5. The van der Waals surface area contributed by atoms with Gasteiger partial charge in [-0.15, -0.1) is 0 Å². The van der Waals surface area contributed by atoms with Gasteiger partial charge >= 0.3 is 0 Å². The average Bonchev–Trinajstić information content (AvgIpc) is 2.46. The molecule has 0 nitrogen and oxygen atoms in total. The fourth-order valence-corrected chi connectivity index (χ4v) is 3.55. The van der Waals surface area contributed by atoms with E-state index in [0.717, 1.165) is 5.02 Å². The number of hydrogen-bond donors (Lipinski definition) is 0. The van der Waals surface area contributed by atoms with Gasteiger partial charge in [0.1, 0.15) is 0 Å². The SMILES string of the molecule is Clc1ccc2c(ccc3c4c(ccc32)CCCC4)c1. The Morgan fingerprint density at radius 1 is 0.737 bits per heavy atom. The van der Waals surface area contributed by atoms with Crippen LogP contribution in [0.25, 0.3) is 21.5 Å². The van der Waals surface area contributed by atoms with E-state index in [1.165, 1.54) is 47.2 Å². The van der Waals surface area contributed by atoms with Gasteiger partial charge in [0.15, 0.2) is 0 Å². The molecular weight excluding hydrogens is 252 g/mol. The topological polar surface area (TPSA) is 0 Å². The van der Waals surface area contributed by atoms with E-state index in [0.29, 0.717) is 0 Å². The first-order chi connectivity index (χ1) is 9.33. The summed E-state index contributed by atoms with van der Waals surface area (Å²) in [5.41, 5.74) is 3.12. The quantitative estimate of drug-likeness (QED) is 0.470. The van der Waals surface area contributed by atoms with Crippen LogP contribution in [-0.2, 0) is 12.8 Å². The molecule has 0 bridgehead atoms. The molecule has 0 N–H and O–H groups in total. The highest BCUT2D eigenvalue weighted by atomic mass is 35.5. The van der Waals surface area contributed by atoms with Gasteiger partial charge in [0.2, 0.25) is 0 Å². The minimum Gasteiger partial charge on any atom is -0.0843 e. The molecule has 1 aliphatic rings. The van der Waals surface area contributed by atoms with E-state index in [2.05, 4.69) is 36.4 Å². The van der Waals surface area contributed by atoms with E-state index in [9.17, 15) is 0 Å². The lowest BCUT2D eigenvalue weighted by Gasteiger charge is -2.18. The van der Waals surface area contributed by atoms with Gasteiger partial charge in [-0.25, -0.2) is 0 Å². The summed E-state index contributed by atoms with van der Waals surface area (Å²) < 4.78 is 0. The molecule has 0 saturated heterocycles. The van der Waals surface area contributed by atoms with Crippen LogP contribution in [-0.4, -0.2) is 0 Å². The summed E-state index contributed by atoms with van der Waals surface area (Å²) in [5, 5.41) is 6.16. The largest absolute Gasteiger partial charge is 0.0843 e. The van der Waals surface area contributed by atoms with Crippen LogP contribution in [0, 0.1) is 0 Å². The number of halogens is 1. The first-order valence-electron chi connectivity index (χ1n) is 6.96. The molecule has 3 aromatic carbocycles. The summed E-state index contributed by atoms with van der Waals surface area (Å²) in [6.07, 6.45) is 5.13. The lowest BCUT2D eigenvalue weighted by molar-refractivity contribution is 0.690. The van der Waals surface area contributed by atoms with Crippen LogP contribution in [0.2, 0.25) is 5.02 Å². The lowest BCUT2D eigenvalue weighted by Crippen LogP contribution is -2.03. The van der Waals surface area contributed by atoms with E-state index in [1.807, 2.05) is 6.07 Å². The molecule has 0 aromatic heterocycles. The molecule has 0 atom stereocenters. The van der Waals surface area contributed by atoms with Crippen molar-refractivity contribution in [2.45, 2.75) is 25.7 Å². The molecular formula is C18H15Cl. The van der Waals surface area contributed by atoms with Gasteiger partial charge in [0.25, 0.3) is 0 Å². The maximum Gasteiger partial charge on any atom is 0.0412 e. The number of hydrogen-bond acceptors (Lipinski definition) is 0. The summed E-state index contributed by atoms with van der Waals surface area (Å²) >= 11 is 6.09. The minimum absolute atomic E-state index is 0.810. The lowest BCUT2D eigenvalue weighted by atomic mass is 9.86. The summed E-state index contributed by atoms with van der Waals surface area (Å²) in [6, 6.07) is 15.3. The molecule has 0 spiro atoms. The van der Waals surface area contributed by atoms with E-state index < -0.39 is 0 Å². The van der Waals surface area contributed by atoms with E-state index in [-0.39, 0.29) is 0 Å². The third-order valence-electron chi connectivity index (χ3n) is 4.31. The van der Waals surface area contributed by atoms with Crippen LogP contribution in [0.5, 0.6) is 0 Å². The Kier molecular flexibility index (Phi) is 2.53. The van der Waals surface area contributed by atoms with Crippen LogP contribution in [0.1, 0.15) is 24.0 Å². The normalized spacial score (nSPS) is 14.8. The van der Waals surface area contributed by atoms with Crippen LogP contribution < -0.4 is 0 Å². The third kappa shape index (κ3) is 1.74. The maximum atomic E-state index is 6.09. The van der Waals surface area contributed by atoms with Crippen molar-refractivity contribution in [3.8, 4) is 0 Å². The summed E-state index contributed by atoms with van der Waals surface area (Å²) in [5.74, 6) is 0. The second kappa shape index (κ2) is 4.25. The maximum absolute atomic E-state index is 6.09. The van der Waals surface area contributed by atoms with Crippen molar-refractivity contribution in [2.24, 2.45) is 0 Å². The molecule has 3 aromatic rings. The van der Waals surface area contributed by atoms with Crippen molar-refractivity contribution in [1.82, 2.24) is 0 Å². The first kappa shape index (κ1) is 11.3. The van der Waals surface area contributed by atoms with Crippen molar-refractivity contribution in [3.63, 3.8) is 0 Å². The molecule has 1 aliphatic carbocycles. The molecule has 0 amide bonds. The summed E-state index contributed by atoms with van der Waals surface area (Å²) in [4.78, 5) is 0. The Balaban J connectivity index is 2.12. The Morgan fingerprint density at radius 3 is 2.47 bits per heavy atom. The van der Waals surface area contributed by atoms with E-state index in [4.69, 9.17) is 11.6 Å². The van der Waals surface area contributed by atoms with Gasteiger partial charge in [0.05, 0.1) is 0 Å². The molecule has 1 heteroatoms. The van der Waals surface area contributed by atoms with Crippen molar-refractivity contribution in [3.05, 3.63) is 58.6 Å². The van der Waals surface area contributed by atoms with Crippen LogP contribution in [0.15, 0.2) is 42.5 Å². The predicted molar refractivity (Wildman–Crippen MR) is 83.1 cm³/mol. The highest BCUT2D eigenvalue weighted by molar-refractivity contribution is 6.31. The third-order valence-corrected chi connectivity index (χ3v) is 4.55. The molecule has 4 rings (SSSR count). The van der Waals surface area contributed by atoms with E-state index >= 15 is 0 Å². The van der Waals surface area contributed by atoms with Crippen LogP contribution >= 0.6 is 11.6 Å². The van der Waals surface area contributed by atoms with Gasteiger partial charge in [-0.2, -0.15) is 0 Å². The Labute approximate surface area is 118 Å². The van der Waals surface area contributed by atoms with Gasteiger partial charge in [-0.05, 0) is 70.5 Å². The van der Waals surface area contributed by atoms with Gasteiger partial charge in [-0.1, -0.05) is 41.9 Å². The minimum atomic E-state index is 0.810. The van der Waals surface area contributed by atoms with Gasteiger partial charge in [0, 0.05) is 5.02 Å². The molecule has 0 radical (unpaired) electrons. The second-order valence-electron chi connectivity index (χ2n) is 5.44. The van der Waals surface area contributed by atoms with Gasteiger partial charge in [-0.3, -0.25) is 0 Å². The molecule has 0 saturated carbocycles. The molecule has 0 aliphatic heterocycles. The van der Waals surface area contributed by atoms with E-state index in [1.54, 1.807) is 11.1 Å². The highest BCUT2D eigenvalue weighted by Gasteiger charge is 2.13. The highest BCUT2D eigenvalue weighted by Crippen LogP contribution is 2.33. The average molecular weight is 267 g/mol. The fraction of sp³-hybridized carbons (Fsp3) is 0.222. The van der Waals surface area contributed by atoms with Crippen molar-refractivity contribution >= 4 is 33.1 Å². The molecule has 19 heavy (non-hydrogen) atoms. The smallest absolute Gasteiger partial charge is 0.0412 e. The molecule has 0 fully saturated rings. The summed E-state index contributed by atoms with van der Waals surface area (Å²) in [7, 11) is 0. The fourth-order valence-electron chi connectivity index (χ4n) is 3.37. The predicted octanol–water partition coefficient (Wildman–Crippen LogP) is 5.53.